The van der Waals surface area contributed by atoms with Crippen LogP contribution in [-0.4, -0.2) is 71.8 Å². The molecule has 0 radical (unpaired) electrons. The third kappa shape index (κ3) is 11.8. The summed E-state index contributed by atoms with van der Waals surface area (Å²) in [6.45, 7) is 2.82. The number of hydrogen-bond donors (Lipinski definition) is 6. The largest absolute Gasteiger partial charge is 0.508 e. The van der Waals surface area contributed by atoms with Crippen molar-refractivity contribution >= 4 is 35.5 Å². The van der Waals surface area contributed by atoms with E-state index >= 15 is 0 Å². The minimum atomic E-state index is -1.09. The molecule has 3 aromatic carbocycles. The summed E-state index contributed by atoms with van der Waals surface area (Å²) in [5.74, 6) is -3.52. The van der Waals surface area contributed by atoms with Gasteiger partial charge in [-0.25, -0.2) is 4.79 Å². The lowest BCUT2D eigenvalue weighted by atomic mass is 10.0. The molecule has 0 unspecified atom stereocenters. The minimum Gasteiger partial charge on any atom is -0.508 e. The number of phenolic OH excluding ortho intramolecular Hbond substituents is 1. The molecule has 3 aromatic rings. The Morgan fingerprint density at radius 3 is 1.94 bits per heavy atom. The SMILES string of the molecule is CC(C)C[C@@H]1NC(=O)[C@H](Cc2ccccc2)NC(=O)CNC(=O)CNC(=O)[C@H](Cc2ccc(O)cc2)NC(=O)CCc2ccccc2OC1=O. The molecule has 4 rings (SSSR count). The fourth-order valence-electron chi connectivity index (χ4n) is 5.38. The van der Waals surface area contributed by atoms with Crippen molar-refractivity contribution in [2.45, 2.75) is 64.1 Å². The zero-order chi connectivity index (χ0) is 36.0. The first-order valence-electron chi connectivity index (χ1n) is 16.5. The van der Waals surface area contributed by atoms with Crippen molar-refractivity contribution in [3.05, 3.63) is 95.6 Å². The van der Waals surface area contributed by atoms with Crippen molar-refractivity contribution in [2.75, 3.05) is 13.1 Å². The Hall–Kier alpha value is -5.72. The highest BCUT2D eigenvalue weighted by atomic mass is 16.5. The van der Waals surface area contributed by atoms with Crippen LogP contribution in [-0.2, 0) is 48.0 Å². The third-order valence-corrected chi connectivity index (χ3v) is 7.94. The van der Waals surface area contributed by atoms with Gasteiger partial charge in [0.05, 0.1) is 13.1 Å². The fourth-order valence-corrected chi connectivity index (χ4v) is 5.38. The number of ether oxygens (including phenoxy) is 1. The van der Waals surface area contributed by atoms with E-state index in [2.05, 4.69) is 26.6 Å². The van der Waals surface area contributed by atoms with Gasteiger partial charge in [-0.3, -0.25) is 24.0 Å². The zero-order valence-electron chi connectivity index (χ0n) is 28.1. The highest BCUT2D eigenvalue weighted by Crippen LogP contribution is 2.21. The van der Waals surface area contributed by atoms with Gasteiger partial charge in [0.25, 0.3) is 0 Å². The number of nitrogens with one attached hydrogen (secondary N) is 5. The molecule has 0 aromatic heterocycles. The number of carbonyl (C=O) groups is 6. The summed E-state index contributed by atoms with van der Waals surface area (Å²) in [5, 5.41) is 22.7. The van der Waals surface area contributed by atoms with Crippen molar-refractivity contribution in [3.8, 4) is 11.5 Å². The Morgan fingerprint density at radius 1 is 0.640 bits per heavy atom. The lowest BCUT2D eigenvalue weighted by Gasteiger charge is -2.24. The minimum absolute atomic E-state index is 0.00973. The third-order valence-electron chi connectivity index (χ3n) is 7.94. The molecule has 0 fully saturated rings. The van der Waals surface area contributed by atoms with Crippen molar-refractivity contribution in [1.29, 1.82) is 0 Å². The molecule has 0 saturated carbocycles. The monoisotopic (exact) mass is 685 g/mol. The number of para-hydroxylation sites is 1. The fraction of sp³-hybridized carbons (Fsp3) is 0.351. The van der Waals surface area contributed by atoms with Crippen molar-refractivity contribution in [2.24, 2.45) is 5.92 Å². The normalized spacial score (nSPS) is 20.2. The molecule has 13 nitrogen and oxygen atoms in total. The van der Waals surface area contributed by atoms with Gasteiger partial charge in [0.2, 0.25) is 29.5 Å². The predicted molar refractivity (Wildman–Crippen MR) is 184 cm³/mol. The van der Waals surface area contributed by atoms with Crippen LogP contribution in [0.2, 0.25) is 0 Å². The summed E-state index contributed by atoms with van der Waals surface area (Å²) in [4.78, 5) is 79.2. The molecular weight excluding hydrogens is 642 g/mol. The molecule has 1 aliphatic rings. The van der Waals surface area contributed by atoms with Gasteiger partial charge in [-0.2, -0.15) is 0 Å². The van der Waals surface area contributed by atoms with Crippen LogP contribution in [0.5, 0.6) is 11.5 Å². The van der Waals surface area contributed by atoms with E-state index < -0.39 is 66.7 Å². The van der Waals surface area contributed by atoms with Crippen LogP contribution < -0.4 is 31.3 Å². The van der Waals surface area contributed by atoms with Crippen LogP contribution in [0.15, 0.2) is 78.9 Å². The van der Waals surface area contributed by atoms with E-state index in [4.69, 9.17) is 4.74 Å². The van der Waals surface area contributed by atoms with E-state index in [1.165, 1.54) is 12.1 Å². The van der Waals surface area contributed by atoms with E-state index in [-0.39, 0.29) is 49.5 Å². The molecule has 0 spiro atoms. The van der Waals surface area contributed by atoms with E-state index in [0.717, 1.165) is 5.56 Å². The van der Waals surface area contributed by atoms with Crippen LogP contribution in [0.3, 0.4) is 0 Å². The summed E-state index contributed by atoms with van der Waals surface area (Å²) >= 11 is 0. The van der Waals surface area contributed by atoms with Crippen LogP contribution in [0.25, 0.3) is 0 Å². The lowest BCUT2D eigenvalue weighted by Crippen LogP contribution is -2.55. The molecule has 6 N–H and O–H groups in total. The van der Waals surface area contributed by atoms with Crippen molar-refractivity contribution in [1.82, 2.24) is 26.6 Å². The summed E-state index contributed by atoms with van der Waals surface area (Å²) in [5.41, 5.74) is 1.96. The number of aryl methyl sites for hydroxylation is 1. The van der Waals surface area contributed by atoms with Gasteiger partial charge < -0.3 is 36.4 Å². The summed E-state index contributed by atoms with van der Waals surface area (Å²) < 4.78 is 5.80. The van der Waals surface area contributed by atoms with Crippen molar-refractivity contribution in [3.63, 3.8) is 0 Å². The highest BCUT2D eigenvalue weighted by Gasteiger charge is 2.30. The molecule has 1 heterocycles. The van der Waals surface area contributed by atoms with Crippen LogP contribution in [0.1, 0.15) is 43.4 Å². The number of fused-ring (bicyclic) bond motifs is 1. The first-order valence-corrected chi connectivity index (χ1v) is 16.5. The van der Waals surface area contributed by atoms with E-state index in [9.17, 15) is 33.9 Å². The molecule has 264 valence electrons. The smallest absolute Gasteiger partial charge is 0.334 e. The van der Waals surface area contributed by atoms with Gasteiger partial charge in [-0.05, 0) is 53.6 Å². The molecule has 50 heavy (non-hydrogen) atoms. The maximum atomic E-state index is 13.7. The second kappa shape index (κ2) is 18.2. The summed E-state index contributed by atoms with van der Waals surface area (Å²) in [6.07, 6.45) is 0.531. The number of benzene rings is 3. The molecule has 0 bridgehead atoms. The van der Waals surface area contributed by atoms with Crippen LogP contribution in [0, 0.1) is 5.92 Å². The number of esters is 1. The Bertz CT molecular complexity index is 1660. The number of phenols is 1. The zero-order valence-corrected chi connectivity index (χ0v) is 28.1. The second-order valence-electron chi connectivity index (χ2n) is 12.5. The average molecular weight is 686 g/mol. The molecule has 0 aliphatic carbocycles. The maximum absolute atomic E-state index is 13.7. The first-order chi connectivity index (χ1) is 24.0. The van der Waals surface area contributed by atoms with Gasteiger partial charge in [-0.15, -0.1) is 0 Å². The average Bonchev–Trinajstić information content (AvgIpc) is 3.09. The van der Waals surface area contributed by atoms with Crippen molar-refractivity contribution < 1.29 is 38.6 Å². The van der Waals surface area contributed by atoms with Gasteiger partial charge in [0.15, 0.2) is 0 Å². The Kier molecular flexibility index (Phi) is 13.5. The van der Waals surface area contributed by atoms with Crippen LogP contribution in [0.4, 0.5) is 0 Å². The Labute approximate surface area is 290 Å². The van der Waals surface area contributed by atoms with E-state index in [0.29, 0.717) is 11.1 Å². The van der Waals surface area contributed by atoms with Gasteiger partial charge >= 0.3 is 5.97 Å². The number of hydrogen-bond acceptors (Lipinski definition) is 8. The van der Waals surface area contributed by atoms with E-state index in [1.54, 1.807) is 60.7 Å². The van der Waals surface area contributed by atoms with Crippen LogP contribution >= 0.6 is 0 Å². The molecule has 13 heteroatoms. The van der Waals surface area contributed by atoms with Gasteiger partial charge in [0.1, 0.15) is 29.6 Å². The molecular formula is C37H43N5O8. The van der Waals surface area contributed by atoms with E-state index in [1.807, 2.05) is 19.9 Å². The topological polar surface area (TPSA) is 192 Å². The molecule has 5 amide bonds. The second-order valence-corrected chi connectivity index (χ2v) is 12.5. The molecule has 0 saturated heterocycles. The predicted octanol–water partition coefficient (Wildman–Crippen LogP) is 1.46. The Morgan fingerprint density at radius 2 is 1.24 bits per heavy atom. The number of rotatable bonds is 6. The maximum Gasteiger partial charge on any atom is 0.334 e. The van der Waals surface area contributed by atoms with Gasteiger partial charge in [0, 0.05) is 19.3 Å². The summed E-state index contributed by atoms with van der Waals surface area (Å²) in [6, 6.07) is 18.7. The standard InChI is InChI=1S/C37H43N5O8/c1-23(2)18-30-37(49)50-31-11-7-6-10-26(31)14-17-32(44)40-28(20-25-12-15-27(43)16-13-25)35(47)39-21-33(45)38-22-34(46)41-29(36(48)42-30)19-24-8-4-3-5-9-24/h3-13,15-16,23,28-30,43H,14,17-22H2,1-2H3,(H,38,45)(H,39,47)(H,40,44)(H,41,46)(H,42,48)/t28-,29-,30-/m0/s1. The molecule has 3 atom stereocenters. The summed E-state index contributed by atoms with van der Waals surface area (Å²) in [7, 11) is 0. The first kappa shape index (κ1) is 37.1. The Balaban J connectivity index is 1.61. The number of carbonyl (C=O) groups excluding carboxylic acids is 6. The van der Waals surface area contributed by atoms with Gasteiger partial charge in [-0.1, -0.05) is 74.5 Å². The number of aromatic hydroxyl groups is 1. The highest BCUT2D eigenvalue weighted by molar-refractivity contribution is 5.94. The lowest BCUT2D eigenvalue weighted by molar-refractivity contribution is -0.140. The number of amides is 5. The quantitative estimate of drug-likeness (QED) is 0.166. The molecule has 1 aliphatic heterocycles.